The molecule has 1 fully saturated rings. The number of amides is 1. The largest absolute Gasteiger partial charge is 0.494 e. The number of aryl methyl sites for hydroxylation is 5. The van der Waals surface area contributed by atoms with Crippen LogP contribution in [0.4, 0.5) is 11.4 Å². The van der Waals surface area contributed by atoms with Crippen molar-refractivity contribution in [1.82, 2.24) is 0 Å². The zero-order chi connectivity index (χ0) is 24.4. The molecule has 3 aromatic carbocycles. The van der Waals surface area contributed by atoms with Crippen molar-refractivity contribution in [3.63, 3.8) is 0 Å². The minimum Gasteiger partial charge on any atom is -0.494 e. The van der Waals surface area contributed by atoms with Crippen molar-refractivity contribution < 1.29 is 9.53 Å². The molecule has 3 aromatic rings. The lowest BCUT2D eigenvalue weighted by Gasteiger charge is -2.17. The molecule has 0 saturated carbocycles. The van der Waals surface area contributed by atoms with E-state index in [1.807, 2.05) is 62.4 Å². The van der Waals surface area contributed by atoms with E-state index in [-0.39, 0.29) is 5.91 Å². The van der Waals surface area contributed by atoms with Gasteiger partial charge in [0.05, 0.1) is 22.9 Å². The smallest absolute Gasteiger partial charge is 0.271 e. The van der Waals surface area contributed by atoms with Crippen LogP contribution >= 0.6 is 11.8 Å². The summed E-state index contributed by atoms with van der Waals surface area (Å²) in [5.74, 6) is 0.797. The summed E-state index contributed by atoms with van der Waals surface area (Å²) in [6.45, 7) is 12.9. The van der Waals surface area contributed by atoms with Crippen LogP contribution < -0.4 is 9.64 Å². The average molecular weight is 471 g/mol. The van der Waals surface area contributed by atoms with Gasteiger partial charge in [0.25, 0.3) is 5.91 Å². The summed E-state index contributed by atoms with van der Waals surface area (Å²) < 4.78 is 5.66. The molecule has 0 bridgehead atoms. The van der Waals surface area contributed by atoms with Crippen LogP contribution in [0.1, 0.15) is 40.3 Å². The quantitative estimate of drug-likeness (QED) is 0.364. The molecule has 1 saturated heterocycles. The highest BCUT2D eigenvalue weighted by Gasteiger charge is 2.35. The number of carbonyl (C=O) groups excluding carboxylic acids is 1. The molecule has 0 radical (unpaired) electrons. The fourth-order valence-electron chi connectivity index (χ4n) is 3.78. The van der Waals surface area contributed by atoms with Crippen molar-refractivity contribution in [1.29, 1.82) is 0 Å². The van der Waals surface area contributed by atoms with Gasteiger partial charge in [0.1, 0.15) is 5.75 Å². The first-order chi connectivity index (χ1) is 16.3. The number of amidine groups is 1. The number of benzene rings is 3. The first kappa shape index (κ1) is 23.8. The summed E-state index contributed by atoms with van der Waals surface area (Å²) in [6.07, 6.45) is 1.94. The topological polar surface area (TPSA) is 41.9 Å². The molecule has 0 N–H and O–H groups in total. The van der Waals surface area contributed by atoms with Crippen LogP contribution in [0.15, 0.2) is 64.5 Å². The summed E-state index contributed by atoms with van der Waals surface area (Å²) in [5.41, 5.74) is 8.40. The van der Waals surface area contributed by atoms with Crippen LogP contribution in [-0.2, 0) is 4.79 Å². The Bertz CT molecular complexity index is 1320. The highest BCUT2D eigenvalue weighted by atomic mass is 32.2. The van der Waals surface area contributed by atoms with Gasteiger partial charge in [-0.1, -0.05) is 18.2 Å². The molecular weight excluding hydrogens is 440 g/mol. The molecule has 0 aromatic heterocycles. The van der Waals surface area contributed by atoms with Crippen molar-refractivity contribution in [2.24, 2.45) is 4.99 Å². The Hall–Kier alpha value is -3.31. The van der Waals surface area contributed by atoms with Gasteiger partial charge in [-0.25, -0.2) is 4.99 Å². The van der Waals surface area contributed by atoms with Gasteiger partial charge in [0, 0.05) is 0 Å². The zero-order valence-corrected chi connectivity index (χ0v) is 21.4. The van der Waals surface area contributed by atoms with Crippen LogP contribution in [0.3, 0.4) is 0 Å². The van der Waals surface area contributed by atoms with Crippen LogP contribution in [0.2, 0.25) is 0 Å². The number of thioether (sulfide) groups is 1. The summed E-state index contributed by atoms with van der Waals surface area (Å²) in [5, 5.41) is 0.658. The Balaban J connectivity index is 1.77. The van der Waals surface area contributed by atoms with E-state index in [9.17, 15) is 4.79 Å². The van der Waals surface area contributed by atoms with Gasteiger partial charge in [-0.3, -0.25) is 9.69 Å². The van der Waals surface area contributed by atoms with Crippen LogP contribution in [0.25, 0.3) is 6.08 Å². The number of ether oxygens (including phenoxy) is 1. The third kappa shape index (κ3) is 4.95. The third-order valence-corrected chi connectivity index (χ3v) is 7.04. The maximum absolute atomic E-state index is 13.6. The zero-order valence-electron chi connectivity index (χ0n) is 20.6. The van der Waals surface area contributed by atoms with Crippen molar-refractivity contribution in [3.8, 4) is 5.75 Å². The van der Waals surface area contributed by atoms with Gasteiger partial charge in [0.15, 0.2) is 5.17 Å². The Morgan fingerprint density at radius 2 is 1.56 bits per heavy atom. The Labute approximate surface area is 206 Å². The first-order valence-corrected chi connectivity index (χ1v) is 12.3. The van der Waals surface area contributed by atoms with Crippen LogP contribution in [0, 0.1) is 34.6 Å². The van der Waals surface area contributed by atoms with E-state index in [1.54, 1.807) is 4.90 Å². The molecule has 1 heterocycles. The van der Waals surface area contributed by atoms with Crippen molar-refractivity contribution in [2.75, 3.05) is 11.5 Å². The van der Waals surface area contributed by atoms with Gasteiger partial charge in [-0.05, 0) is 129 Å². The SMILES string of the molecule is CCOc1ccc(/C=C2\SC(=Nc3ccc(C)c(C)c3)N(c3ccc(C)c(C)c3)C2=O)cc1C. The second-order valence-electron chi connectivity index (χ2n) is 8.64. The molecule has 34 heavy (non-hydrogen) atoms. The molecule has 0 aliphatic carbocycles. The number of nitrogens with zero attached hydrogens (tertiary/aromatic N) is 2. The third-order valence-electron chi connectivity index (χ3n) is 6.07. The van der Waals surface area contributed by atoms with E-state index in [0.29, 0.717) is 16.7 Å². The predicted octanol–water partition coefficient (Wildman–Crippen LogP) is 7.44. The summed E-state index contributed by atoms with van der Waals surface area (Å²) in [6, 6.07) is 18.2. The molecule has 1 amide bonds. The molecule has 174 valence electrons. The second kappa shape index (κ2) is 9.90. The lowest BCUT2D eigenvalue weighted by molar-refractivity contribution is -0.113. The van der Waals surface area contributed by atoms with E-state index >= 15 is 0 Å². The van der Waals surface area contributed by atoms with E-state index in [2.05, 4.69) is 39.8 Å². The van der Waals surface area contributed by atoms with Gasteiger partial charge >= 0.3 is 0 Å². The summed E-state index contributed by atoms with van der Waals surface area (Å²) >= 11 is 1.41. The Morgan fingerprint density at radius 1 is 0.853 bits per heavy atom. The molecule has 4 nitrogen and oxygen atoms in total. The number of aliphatic imine (C=N–C) groups is 1. The number of carbonyl (C=O) groups is 1. The van der Waals surface area contributed by atoms with Gasteiger partial charge in [-0.15, -0.1) is 0 Å². The highest BCUT2D eigenvalue weighted by Crippen LogP contribution is 2.38. The van der Waals surface area contributed by atoms with E-state index in [4.69, 9.17) is 9.73 Å². The minimum atomic E-state index is -0.0672. The maximum Gasteiger partial charge on any atom is 0.271 e. The molecule has 0 unspecified atom stereocenters. The highest BCUT2D eigenvalue weighted by molar-refractivity contribution is 8.19. The normalized spacial score (nSPS) is 16.1. The monoisotopic (exact) mass is 470 g/mol. The van der Waals surface area contributed by atoms with Crippen molar-refractivity contribution in [2.45, 2.75) is 41.5 Å². The number of hydrogen-bond donors (Lipinski definition) is 0. The predicted molar refractivity (Wildman–Crippen MR) is 144 cm³/mol. The second-order valence-corrected chi connectivity index (χ2v) is 9.65. The van der Waals surface area contributed by atoms with Crippen LogP contribution in [-0.4, -0.2) is 17.7 Å². The molecule has 1 aliphatic rings. The molecule has 1 aliphatic heterocycles. The maximum atomic E-state index is 13.6. The van der Waals surface area contributed by atoms with Crippen molar-refractivity contribution >= 4 is 40.3 Å². The van der Waals surface area contributed by atoms with Crippen LogP contribution in [0.5, 0.6) is 5.75 Å². The summed E-state index contributed by atoms with van der Waals surface area (Å²) in [4.78, 5) is 20.9. The molecule has 5 heteroatoms. The lowest BCUT2D eigenvalue weighted by atomic mass is 10.1. The van der Waals surface area contributed by atoms with E-state index < -0.39 is 0 Å². The van der Waals surface area contributed by atoms with Gasteiger partial charge in [-0.2, -0.15) is 0 Å². The number of rotatable bonds is 5. The fourth-order valence-corrected chi connectivity index (χ4v) is 4.78. The van der Waals surface area contributed by atoms with Crippen molar-refractivity contribution in [3.05, 3.63) is 92.9 Å². The molecule has 4 rings (SSSR count). The number of hydrogen-bond acceptors (Lipinski definition) is 4. The Morgan fingerprint density at radius 3 is 2.21 bits per heavy atom. The Kier molecular flexibility index (Phi) is 6.94. The first-order valence-electron chi connectivity index (χ1n) is 11.5. The molecular formula is C29H30N2O2S. The molecule has 0 spiro atoms. The van der Waals surface area contributed by atoms with Gasteiger partial charge in [0.2, 0.25) is 0 Å². The average Bonchev–Trinajstić information content (AvgIpc) is 3.09. The van der Waals surface area contributed by atoms with Gasteiger partial charge < -0.3 is 4.74 Å². The van der Waals surface area contributed by atoms with E-state index in [0.717, 1.165) is 33.8 Å². The summed E-state index contributed by atoms with van der Waals surface area (Å²) in [7, 11) is 0. The standard InChI is InChI=1S/C29H30N2O2S/c1-7-33-26-13-10-23(14-22(26)6)17-27-28(32)31(25-12-9-19(3)21(5)16-25)29(34-27)30-24-11-8-18(2)20(4)15-24/h8-17H,7H2,1-6H3/b27-17-,30-29?. The lowest BCUT2D eigenvalue weighted by Crippen LogP contribution is -2.28. The van der Waals surface area contributed by atoms with E-state index in [1.165, 1.54) is 28.5 Å². The minimum absolute atomic E-state index is 0.0672. The fraction of sp³-hybridized carbons (Fsp3) is 0.241. The molecule has 0 atom stereocenters. The number of anilines is 1.